The number of nitrogens with zero attached hydrogens (tertiary/aromatic N) is 2. The second-order valence-corrected chi connectivity index (χ2v) is 7.63. The Morgan fingerprint density at radius 3 is 2.55 bits per heavy atom. The molecule has 2 atom stereocenters. The number of carbonyl (C=O) groups excluding carboxylic acids is 2. The van der Waals surface area contributed by atoms with Crippen LogP contribution in [0.4, 0.5) is 5.69 Å². The van der Waals surface area contributed by atoms with Gasteiger partial charge < -0.3 is 24.7 Å². The van der Waals surface area contributed by atoms with Gasteiger partial charge >= 0.3 is 0 Å². The molecular weight excluding hydrogens is 396 g/mol. The predicted molar refractivity (Wildman–Crippen MR) is 116 cm³/mol. The number of hydrazine groups is 1. The molecular formula is C23H26N4O4. The fraction of sp³-hybridized carbons (Fsp3) is 0.304. The molecule has 2 aromatic rings. The molecule has 2 aromatic carbocycles. The maximum absolute atomic E-state index is 13.0. The maximum Gasteiger partial charge on any atom is 0.251 e. The summed E-state index contributed by atoms with van der Waals surface area (Å²) in [6.07, 6.45) is 4.01. The minimum absolute atomic E-state index is 0.0332. The van der Waals surface area contributed by atoms with Gasteiger partial charge in [-0.25, -0.2) is 5.43 Å². The molecule has 4 rings (SSSR count). The number of carbonyl (C=O) groups is 2. The van der Waals surface area contributed by atoms with E-state index in [0.717, 1.165) is 11.1 Å². The maximum atomic E-state index is 13.0. The number of methoxy groups -OCH3 is 2. The van der Waals surface area contributed by atoms with Crippen molar-refractivity contribution in [1.82, 2.24) is 15.3 Å². The highest BCUT2D eigenvalue weighted by molar-refractivity contribution is 5.96. The SMILES string of the molecule is COc1ccc(C2CC3C(=O)N(CC(=O)Nc4ccc(C)cc4)C=CN3N2)cc1OC. The van der Waals surface area contributed by atoms with Gasteiger partial charge in [-0.2, -0.15) is 0 Å². The Bertz CT molecular complexity index is 1010. The first-order chi connectivity index (χ1) is 15.0. The molecule has 1 saturated heterocycles. The zero-order valence-electron chi connectivity index (χ0n) is 17.8. The van der Waals surface area contributed by atoms with Gasteiger partial charge in [0.15, 0.2) is 11.5 Å². The number of hydrogen-bond acceptors (Lipinski definition) is 6. The first kappa shape index (κ1) is 20.7. The molecule has 2 unspecified atom stereocenters. The van der Waals surface area contributed by atoms with E-state index < -0.39 is 0 Å². The highest BCUT2D eigenvalue weighted by Crippen LogP contribution is 2.35. The van der Waals surface area contributed by atoms with Crippen molar-refractivity contribution in [3.63, 3.8) is 0 Å². The average molecular weight is 422 g/mol. The van der Waals surface area contributed by atoms with Crippen LogP contribution < -0.4 is 20.2 Å². The molecule has 8 heteroatoms. The summed E-state index contributed by atoms with van der Waals surface area (Å²) in [6.45, 7) is 1.95. The lowest BCUT2D eigenvalue weighted by Crippen LogP contribution is -2.49. The molecule has 0 aromatic heterocycles. The number of hydrogen-bond donors (Lipinski definition) is 2. The Morgan fingerprint density at radius 2 is 1.84 bits per heavy atom. The number of nitrogens with one attached hydrogen (secondary N) is 2. The van der Waals surface area contributed by atoms with Crippen LogP contribution in [0, 0.1) is 6.92 Å². The smallest absolute Gasteiger partial charge is 0.251 e. The van der Waals surface area contributed by atoms with Crippen molar-refractivity contribution in [2.45, 2.75) is 25.4 Å². The monoisotopic (exact) mass is 422 g/mol. The van der Waals surface area contributed by atoms with Gasteiger partial charge in [-0.05, 0) is 43.2 Å². The van der Waals surface area contributed by atoms with E-state index >= 15 is 0 Å². The number of fused-ring (bicyclic) bond motifs is 1. The fourth-order valence-electron chi connectivity index (χ4n) is 3.85. The van der Waals surface area contributed by atoms with E-state index in [1.54, 1.807) is 31.6 Å². The van der Waals surface area contributed by atoms with Crippen molar-refractivity contribution >= 4 is 17.5 Å². The lowest BCUT2D eigenvalue weighted by atomic mass is 10.0. The molecule has 2 aliphatic rings. The van der Waals surface area contributed by atoms with E-state index in [-0.39, 0.29) is 30.4 Å². The van der Waals surface area contributed by atoms with E-state index in [9.17, 15) is 9.59 Å². The van der Waals surface area contributed by atoms with Crippen LogP contribution in [-0.2, 0) is 9.59 Å². The van der Waals surface area contributed by atoms with E-state index in [4.69, 9.17) is 9.47 Å². The van der Waals surface area contributed by atoms with Gasteiger partial charge in [-0.1, -0.05) is 23.8 Å². The summed E-state index contributed by atoms with van der Waals surface area (Å²) in [4.78, 5) is 26.9. The number of rotatable bonds is 6. The molecule has 31 heavy (non-hydrogen) atoms. The topological polar surface area (TPSA) is 83.1 Å². The Balaban J connectivity index is 1.40. The lowest BCUT2D eigenvalue weighted by Gasteiger charge is -2.31. The van der Waals surface area contributed by atoms with Crippen LogP contribution in [0.15, 0.2) is 54.9 Å². The summed E-state index contributed by atoms with van der Waals surface area (Å²) < 4.78 is 10.7. The highest BCUT2D eigenvalue weighted by Gasteiger charge is 2.40. The number of ether oxygens (including phenoxy) is 2. The molecule has 2 N–H and O–H groups in total. The van der Waals surface area contributed by atoms with E-state index in [1.807, 2.05) is 49.4 Å². The molecule has 0 bridgehead atoms. The number of benzene rings is 2. The Kier molecular flexibility index (Phi) is 5.81. The Hall–Kier alpha value is -3.52. The van der Waals surface area contributed by atoms with Crippen LogP contribution in [0.1, 0.15) is 23.6 Å². The average Bonchev–Trinajstić information content (AvgIpc) is 3.22. The second-order valence-electron chi connectivity index (χ2n) is 7.63. The number of amides is 2. The summed E-state index contributed by atoms with van der Waals surface area (Å²) in [7, 11) is 3.19. The van der Waals surface area contributed by atoms with Crippen molar-refractivity contribution in [1.29, 1.82) is 0 Å². The van der Waals surface area contributed by atoms with Crippen molar-refractivity contribution in [2.24, 2.45) is 0 Å². The zero-order chi connectivity index (χ0) is 22.0. The van der Waals surface area contributed by atoms with Gasteiger partial charge in [0.2, 0.25) is 5.91 Å². The van der Waals surface area contributed by atoms with Crippen molar-refractivity contribution < 1.29 is 19.1 Å². The third kappa shape index (κ3) is 4.34. The summed E-state index contributed by atoms with van der Waals surface area (Å²) in [5.74, 6) is 0.946. The molecule has 2 aliphatic heterocycles. The molecule has 1 fully saturated rings. The van der Waals surface area contributed by atoms with Gasteiger partial charge in [0, 0.05) is 18.1 Å². The first-order valence-corrected chi connectivity index (χ1v) is 10.1. The largest absolute Gasteiger partial charge is 0.493 e. The van der Waals surface area contributed by atoms with Gasteiger partial charge in [0.25, 0.3) is 5.91 Å². The van der Waals surface area contributed by atoms with Gasteiger partial charge in [-0.3, -0.25) is 9.59 Å². The zero-order valence-corrected chi connectivity index (χ0v) is 17.8. The first-order valence-electron chi connectivity index (χ1n) is 10.1. The minimum atomic E-state index is -0.379. The molecule has 8 nitrogen and oxygen atoms in total. The van der Waals surface area contributed by atoms with Crippen LogP contribution in [0.5, 0.6) is 11.5 Å². The van der Waals surface area contributed by atoms with Crippen LogP contribution in [0.25, 0.3) is 0 Å². The molecule has 0 aliphatic carbocycles. The second kappa shape index (κ2) is 8.69. The van der Waals surface area contributed by atoms with Gasteiger partial charge in [-0.15, -0.1) is 0 Å². The normalized spacial score (nSPS) is 19.9. The molecule has 0 saturated carbocycles. The summed E-state index contributed by atoms with van der Waals surface area (Å²) in [5.41, 5.74) is 6.17. The molecule has 2 heterocycles. The van der Waals surface area contributed by atoms with E-state index in [1.165, 1.54) is 4.90 Å². The molecule has 0 spiro atoms. The van der Waals surface area contributed by atoms with Crippen molar-refractivity contribution in [3.8, 4) is 11.5 Å². The highest BCUT2D eigenvalue weighted by atomic mass is 16.5. The van der Waals surface area contributed by atoms with E-state index in [2.05, 4.69) is 10.7 Å². The van der Waals surface area contributed by atoms with Crippen molar-refractivity contribution in [3.05, 3.63) is 66.0 Å². The van der Waals surface area contributed by atoms with Crippen LogP contribution in [-0.4, -0.2) is 48.5 Å². The Morgan fingerprint density at radius 1 is 1.10 bits per heavy atom. The lowest BCUT2D eigenvalue weighted by molar-refractivity contribution is -0.137. The molecule has 162 valence electrons. The van der Waals surface area contributed by atoms with Crippen LogP contribution in [0.2, 0.25) is 0 Å². The third-order valence-electron chi connectivity index (χ3n) is 5.53. The molecule has 2 amide bonds. The summed E-state index contributed by atoms with van der Waals surface area (Å²) in [6, 6.07) is 12.8. The minimum Gasteiger partial charge on any atom is -0.493 e. The van der Waals surface area contributed by atoms with Gasteiger partial charge in [0.05, 0.1) is 20.3 Å². The summed E-state index contributed by atoms with van der Waals surface area (Å²) in [5, 5.41) is 4.64. The number of aryl methyl sites for hydroxylation is 1. The quantitative estimate of drug-likeness (QED) is 0.745. The summed E-state index contributed by atoms with van der Waals surface area (Å²) >= 11 is 0. The number of anilines is 1. The standard InChI is InChI=1S/C23H26N4O4/c1-15-4-7-17(8-5-15)24-22(28)14-26-10-11-27-19(23(26)29)13-18(25-27)16-6-9-20(30-2)21(12-16)31-3/h4-12,18-19,25H,13-14H2,1-3H3,(H,24,28). The third-order valence-corrected chi connectivity index (χ3v) is 5.53. The van der Waals surface area contributed by atoms with Crippen molar-refractivity contribution in [2.75, 3.05) is 26.1 Å². The van der Waals surface area contributed by atoms with Gasteiger partial charge in [0.1, 0.15) is 12.6 Å². The Labute approximate surface area is 181 Å². The fourth-order valence-corrected chi connectivity index (χ4v) is 3.85. The van der Waals surface area contributed by atoms with Crippen LogP contribution in [0.3, 0.4) is 0 Å². The van der Waals surface area contributed by atoms with E-state index in [0.29, 0.717) is 23.6 Å². The predicted octanol–water partition coefficient (Wildman–Crippen LogP) is 2.58. The molecule has 0 radical (unpaired) electrons. The van der Waals surface area contributed by atoms with Crippen LogP contribution >= 0.6 is 0 Å².